The number of benzene rings is 1. The summed E-state index contributed by atoms with van der Waals surface area (Å²) in [5.41, 5.74) is 0.750. The number of hydrogen-bond acceptors (Lipinski definition) is 4. The third kappa shape index (κ3) is 6.71. The van der Waals surface area contributed by atoms with Gasteiger partial charge in [-0.1, -0.05) is 44.2 Å². The second-order valence-corrected chi connectivity index (χ2v) is 7.71. The van der Waals surface area contributed by atoms with Crippen LogP contribution in [0.15, 0.2) is 30.3 Å². The largest absolute Gasteiger partial charge is 0.480 e. The number of rotatable bonds is 8. The molecule has 0 spiro atoms. The van der Waals surface area contributed by atoms with Crippen LogP contribution in [0.4, 0.5) is 0 Å². The SMILES string of the molecule is CC(C)CS(=O)(=O)CC(=O)NC(Cc1ccccc1)C(=O)O. The van der Waals surface area contributed by atoms with E-state index in [0.717, 1.165) is 5.56 Å². The minimum atomic E-state index is -3.53. The molecule has 0 saturated heterocycles. The van der Waals surface area contributed by atoms with Crippen molar-refractivity contribution >= 4 is 21.7 Å². The quantitative estimate of drug-likeness (QED) is 0.738. The normalized spacial score (nSPS) is 12.9. The molecule has 1 aromatic rings. The molecule has 1 atom stereocenters. The lowest BCUT2D eigenvalue weighted by molar-refractivity contribution is -0.141. The van der Waals surface area contributed by atoms with Crippen molar-refractivity contribution < 1.29 is 23.1 Å². The van der Waals surface area contributed by atoms with Crippen LogP contribution in [0.2, 0.25) is 0 Å². The van der Waals surface area contributed by atoms with Crippen LogP contribution in [0.5, 0.6) is 0 Å². The van der Waals surface area contributed by atoms with Gasteiger partial charge in [-0.05, 0) is 11.5 Å². The van der Waals surface area contributed by atoms with Gasteiger partial charge in [0.1, 0.15) is 11.8 Å². The van der Waals surface area contributed by atoms with Gasteiger partial charge in [0.25, 0.3) is 0 Å². The summed E-state index contributed by atoms with van der Waals surface area (Å²) in [6, 6.07) is 7.68. The molecule has 122 valence electrons. The third-order valence-corrected chi connectivity index (χ3v) is 4.73. The van der Waals surface area contributed by atoms with E-state index in [1.165, 1.54) is 0 Å². The molecular formula is C15H21NO5S. The van der Waals surface area contributed by atoms with Gasteiger partial charge in [0.15, 0.2) is 9.84 Å². The Balaban J connectivity index is 2.67. The highest BCUT2D eigenvalue weighted by molar-refractivity contribution is 7.92. The second-order valence-electron chi connectivity index (χ2n) is 5.60. The summed E-state index contributed by atoms with van der Waals surface area (Å²) in [5.74, 6) is -2.86. The Labute approximate surface area is 130 Å². The van der Waals surface area contributed by atoms with Gasteiger partial charge in [0, 0.05) is 6.42 Å². The van der Waals surface area contributed by atoms with Gasteiger partial charge >= 0.3 is 5.97 Å². The molecule has 0 fully saturated rings. The van der Waals surface area contributed by atoms with E-state index in [4.69, 9.17) is 5.11 Å². The summed E-state index contributed by atoms with van der Waals surface area (Å²) in [7, 11) is -3.53. The molecule has 1 unspecified atom stereocenters. The highest BCUT2D eigenvalue weighted by Gasteiger charge is 2.24. The van der Waals surface area contributed by atoms with Gasteiger partial charge in [-0.2, -0.15) is 0 Å². The zero-order valence-corrected chi connectivity index (χ0v) is 13.5. The fourth-order valence-corrected chi connectivity index (χ4v) is 3.67. The van der Waals surface area contributed by atoms with Gasteiger partial charge in [-0.25, -0.2) is 13.2 Å². The van der Waals surface area contributed by atoms with E-state index in [0.29, 0.717) is 0 Å². The Kier molecular flexibility index (Phi) is 6.55. The van der Waals surface area contributed by atoms with Crippen LogP contribution in [-0.2, 0) is 25.8 Å². The third-order valence-electron chi connectivity index (χ3n) is 2.85. The Bertz CT molecular complexity index is 610. The fourth-order valence-electron chi connectivity index (χ4n) is 2.05. The number of aliphatic carboxylic acids is 1. The average Bonchev–Trinajstić information content (AvgIpc) is 2.36. The summed E-state index contributed by atoms with van der Waals surface area (Å²) >= 11 is 0. The predicted molar refractivity (Wildman–Crippen MR) is 83.2 cm³/mol. The Morgan fingerprint density at radius 2 is 1.77 bits per heavy atom. The molecule has 1 amide bonds. The van der Waals surface area contributed by atoms with E-state index in [1.54, 1.807) is 44.2 Å². The lowest BCUT2D eigenvalue weighted by atomic mass is 10.1. The first kappa shape index (κ1) is 18.2. The van der Waals surface area contributed by atoms with Crippen LogP contribution in [0.1, 0.15) is 19.4 Å². The van der Waals surface area contributed by atoms with Crippen LogP contribution >= 0.6 is 0 Å². The molecule has 1 aromatic carbocycles. The highest BCUT2D eigenvalue weighted by atomic mass is 32.2. The fraction of sp³-hybridized carbons (Fsp3) is 0.467. The number of amides is 1. The molecule has 2 N–H and O–H groups in total. The molecule has 0 saturated carbocycles. The maximum Gasteiger partial charge on any atom is 0.326 e. The molecular weight excluding hydrogens is 306 g/mol. The molecule has 0 bridgehead atoms. The molecule has 0 radical (unpaired) electrons. The van der Waals surface area contributed by atoms with Crippen LogP contribution in [0, 0.1) is 5.92 Å². The maximum atomic E-state index is 11.8. The van der Waals surface area contributed by atoms with Crippen molar-refractivity contribution in [3.63, 3.8) is 0 Å². The molecule has 6 nitrogen and oxygen atoms in total. The summed E-state index contributed by atoms with van der Waals surface area (Å²) in [5, 5.41) is 11.4. The minimum absolute atomic E-state index is 0.0858. The maximum absolute atomic E-state index is 11.8. The molecule has 0 aliphatic rings. The lowest BCUT2D eigenvalue weighted by Gasteiger charge is -2.15. The monoisotopic (exact) mass is 327 g/mol. The zero-order chi connectivity index (χ0) is 16.8. The first-order valence-electron chi connectivity index (χ1n) is 6.96. The van der Waals surface area contributed by atoms with E-state index in [1.807, 2.05) is 0 Å². The van der Waals surface area contributed by atoms with Crippen molar-refractivity contribution in [2.24, 2.45) is 5.92 Å². The first-order chi connectivity index (χ1) is 10.2. The lowest BCUT2D eigenvalue weighted by Crippen LogP contribution is -2.45. The smallest absolute Gasteiger partial charge is 0.326 e. The van der Waals surface area contributed by atoms with Gasteiger partial charge < -0.3 is 10.4 Å². The van der Waals surface area contributed by atoms with Crippen molar-refractivity contribution in [1.29, 1.82) is 0 Å². The van der Waals surface area contributed by atoms with Crippen molar-refractivity contribution in [2.45, 2.75) is 26.3 Å². The van der Waals surface area contributed by atoms with Gasteiger partial charge in [0.05, 0.1) is 5.75 Å². The standard InChI is InChI=1S/C15H21NO5S/c1-11(2)9-22(20,21)10-14(17)16-13(15(18)19)8-12-6-4-3-5-7-12/h3-7,11,13H,8-10H2,1-2H3,(H,16,17)(H,18,19). The number of sulfone groups is 1. The number of carboxylic acid groups (broad SMARTS) is 1. The molecule has 7 heteroatoms. The van der Waals surface area contributed by atoms with Gasteiger partial charge in [0.2, 0.25) is 5.91 Å². The number of carboxylic acids is 1. The zero-order valence-electron chi connectivity index (χ0n) is 12.7. The van der Waals surface area contributed by atoms with E-state index >= 15 is 0 Å². The molecule has 1 rings (SSSR count). The first-order valence-corrected chi connectivity index (χ1v) is 8.78. The Morgan fingerprint density at radius 3 is 2.27 bits per heavy atom. The average molecular weight is 327 g/mol. The summed E-state index contributed by atoms with van der Waals surface area (Å²) in [6.45, 7) is 3.48. The van der Waals surface area contributed by atoms with E-state index in [9.17, 15) is 18.0 Å². The molecule has 0 aliphatic heterocycles. The van der Waals surface area contributed by atoms with E-state index < -0.39 is 33.5 Å². The topological polar surface area (TPSA) is 101 Å². The van der Waals surface area contributed by atoms with Crippen LogP contribution in [0.3, 0.4) is 0 Å². The number of nitrogens with one attached hydrogen (secondary N) is 1. The number of carbonyl (C=O) groups excluding carboxylic acids is 1. The van der Waals surface area contributed by atoms with Crippen LogP contribution in [-0.4, -0.2) is 42.9 Å². The van der Waals surface area contributed by atoms with Gasteiger partial charge in [-0.3, -0.25) is 4.79 Å². The molecule has 0 heterocycles. The Hall–Kier alpha value is -1.89. The minimum Gasteiger partial charge on any atom is -0.480 e. The van der Waals surface area contributed by atoms with Crippen molar-refractivity contribution in [2.75, 3.05) is 11.5 Å². The van der Waals surface area contributed by atoms with Crippen molar-refractivity contribution in [1.82, 2.24) is 5.32 Å². The van der Waals surface area contributed by atoms with Crippen molar-refractivity contribution in [3.8, 4) is 0 Å². The summed E-state index contributed by atoms with van der Waals surface area (Å²) in [4.78, 5) is 23.0. The second kappa shape index (κ2) is 7.93. The molecule has 22 heavy (non-hydrogen) atoms. The van der Waals surface area contributed by atoms with Crippen LogP contribution < -0.4 is 5.32 Å². The summed E-state index contributed by atoms with van der Waals surface area (Å²) in [6.07, 6.45) is 0.103. The van der Waals surface area contributed by atoms with E-state index in [-0.39, 0.29) is 18.1 Å². The number of carbonyl (C=O) groups is 2. The molecule has 0 aromatic heterocycles. The predicted octanol–water partition coefficient (Wildman–Crippen LogP) is 0.869. The van der Waals surface area contributed by atoms with Crippen LogP contribution in [0.25, 0.3) is 0 Å². The van der Waals surface area contributed by atoms with Crippen molar-refractivity contribution in [3.05, 3.63) is 35.9 Å². The highest BCUT2D eigenvalue weighted by Crippen LogP contribution is 2.05. The molecule has 0 aliphatic carbocycles. The number of hydrogen-bond donors (Lipinski definition) is 2. The summed E-state index contributed by atoms with van der Waals surface area (Å²) < 4.78 is 23.5. The van der Waals surface area contributed by atoms with Gasteiger partial charge in [-0.15, -0.1) is 0 Å². The van der Waals surface area contributed by atoms with E-state index in [2.05, 4.69) is 5.32 Å². The Morgan fingerprint density at radius 1 is 1.18 bits per heavy atom.